The van der Waals surface area contributed by atoms with E-state index in [-0.39, 0.29) is 11.5 Å². The van der Waals surface area contributed by atoms with E-state index in [1.807, 2.05) is 6.07 Å². The molecule has 0 radical (unpaired) electrons. The second-order valence-electron chi connectivity index (χ2n) is 3.95. The number of hydrogen-bond acceptors (Lipinski definition) is 2. The minimum atomic E-state index is 0.0764. The molecule has 0 spiro atoms. The van der Waals surface area contributed by atoms with Crippen LogP contribution in [-0.2, 0) is 6.42 Å². The van der Waals surface area contributed by atoms with Gasteiger partial charge in [0.05, 0.1) is 12.3 Å². The topological polar surface area (TPSA) is 39.2 Å². The fourth-order valence-electron chi connectivity index (χ4n) is 1.72. The second kappa shape index (κ2) is 1.89. The zero-order chi connectivity index (χ0) is 8.06. The summed E-state index contributed by atoms with van der Waals surface area (Å²) in [6.07, 6.45) is 2.76. The van der Waals surface area contributed by atoms with E-state index >= 15 is 0 Å². The van der Waals surface area contributed by atoms with Gasteiger partial charge in [-0.15, -0.1) is 0 Å². The first-order valence-corrected chi connectivity index (χ1v) is 3.93. The van der Waals surface area contributed by atoms with Crippen LogP contribution in [0, 0.1) is 5.41 Å². The molecule has 1 aliphatic rings. The molecule has 1 aromatic rings. The molecular formula is C9H13NO. The van der Waals surface area contributed by atoms with E-state index in [4.69, 9.17) is 10.2 Å². The summed E-state index contributed by atoms with van der Waals surface area (Å²) >= 11 is 0. The highest BCUT2D eigenvalue weighted by atomic mass is 16.3. The molecule has 1 aliphatic carbocycles. The summed E-state index contributed by atoms with van der Waals surface area (Å²) in [6.45, 7) is 4.35. The molecule has 0 aromatic carbocycles. The molecule has 0 saturated heterocycles. The largest absolute Gasteiger partial charge is 0.467 e. The normalized spacial score (nSPS) is 27.0. The Hall–Kier alpha value is -0.760. The van der Waals surface area contributed by atoms with Crippen molar-refractivity contribution in [3.05, 3.63) is 23.7 Å². The lowest BCUT2D eigenvalue weighted by Crippen LogP contribution is -2.24. The summed E-state index contributed by atoms with van der Waals surface area (Å²) in [4.78, 5) is 0. The molecule has 0 saturated carbocycles. The van der Waals surface area contributed by atoms with Crippen molar-refractivity contribution in [1.29, 1.82) is 0 Å². The van der Waals surface area contributed by atoms with Crippen LogP contribution in [0.2, 0.25) is 0 Å². The standard InChI is InChI=1S/C9H13NO/c1-9(2)5-6-3-4-11-7(6)8(9)10/h3-4,8H,5,10H2,1-2H3. The predicted octanol–water partition coefficient (Wildman–Crippen LogP) is 1.86. The van der Waals surface area contributed by atoms with Crippen molar-refractivity contribution < 1.29 is 4.42 Å². The molecular weight excluding hydrogens is 138 g/mol. The SMILES string of the molecule is CC1(C)Cc2ccoc2C1N. The van der Waals surface area contributed by atoms with Gasteiger partial charge in [0.1, 0.15) is 5.76 Å². The Kier molecular flexibility index (Phi) is 1.19. The molecule has 60 valence electrons. The third-order valence-corrected chi connectivity index (χ3v) is 2.55. The van der Waals surface area contributed by atoms with Crippen molar-refractivity contribution >= 4 is 0 Å². The van der Waals surface area contributed by atoms with Crippen LogP contribution in [0.3, 0.4) is 0 Å². The first-order chi connectivity index (χ1) is 5.11. The molecule has 2 nitrogen and oxygen atoms in total. The third kappa shape index (κ3) is 0.824. The Morgan fingerprint density at radius 1 is 1.64 bits per heavy atom. The third-order valence-electron chi connectivity index (χ3n) is 2.55. The lowest BCUT2D eigenvalue weighted by molar-refractivity contribution is 0.289. The molecule has 2 heteroatoms. The molecule has 0 aliphatic heterocycles. The maximum atomic E-state index is 5.97. The van der Waals surface area contributed by atoms with Crippen LogP contribution in [0.25, 0.3) is 0 Å². The Labute approximate surface area is 66.4 Å². The van der Waals surface area contributed by atoms with Crippen molar-refractivity contribution in [1.82, 2.24) is 0 Å². The highest BCUT2D eigenvalue weighted by molar-refractivity contribution is 5.29. The van der Waals surface area contributed by atoms with Crippen LogP contribution in [0.4, 0.5) is 0 Å². The number of furan rings is 1. The Morgan fingerprint density at radius 2 is 2.36 bits per heavy atom. The van der Waals surface area contributed by atoms with Crippen molar-refractivity contribution in [3.63, 3.8) is 0 Å². The highest BCUT2D eigenvalue weighted by Gasteiger charge is 2.38. The van der Waals surface area contributed by atoms with Crippen LogP contribution in [0.15, 0.2) is 16.7 Å². The molecule has 1 unspecified atom stereocenters. The summed E-state index contributed by atoms with van der Waals surface area (Å²) in [6, 6.07) is 2.09. The van der Waals surface area contributed by atoms with Crippen LogP contribution < -0.4 is 5.73 Å². The predicted molar refractivity (Wildman–Crippen MR) is 43.1 cm³/mol. The summed E-state index contributed by atoms with van der Waals surface area (Å²) in [5.74, 6) is 0.981. The van der Waals surface area contributed by atoms with Gasteiger partial charge in [-0.05, 0) is 23.5 Å². The lowest BCUT2D eigenvalue weighted by atomic mass is 9.87. The minimum Gasteiger partial charge on any atom is -0.467 e. The maximum Gasteiger partial charge on any atom is 0.124 e. The van der Waals surface area contributed by atoms with Gasteiger partial charge in [-0.1, -0.05) is 13.8 Å². The molecule has 0 fully saturated rings. The van der Waals surface area contributed by atoms with Gasteiger partial charge in [-0.3, -0.25) is 0 Å². The van der Waals surface area contributed by atoms with Crippen LogP contribution >= 0.6 is 0 Å². The van der Waals surface area contributed by atoms with Crippen LogP contribution in [0.5, 0.6) is 0 Å². The summed E-state index contributed by atoms with van der Waals surface area (Å²) in [5, 5.41) is 0. The van der Waals surface area contributed by atoms with Gasteiger partial charge in [0.15, 0.2) is 0 Å². The summed E-state index contributed by atoms with van der Waals surface area (Å²) < 4.78 is 5.30. The van der Waals surface area contributed by atoms with Crippen molar-refractivity contribution in [2.24, 2.45) is 11.1 Å². The second-order valence-corrected chi connectivity index (χ2v) is 3.95. The number of hydrogen-bond donors (Lipinski definition) is 1. The van der Waals surface area contributed by atoms with E-state index in [1.165, 1.54) is 5.56 Å². The monoisotopic (exact) mass is 151 g/mol. The number of nitrogens with two attached hydrogens (primary N) is 1. The van der Waals surface area contributed by atoms with Crippen LogP contribution in [0.1, 0.15) is 31.2 Å². The molecule has 1 atom stereocenters. The molecule has 2 rings (SSSR count). The molecule has 2 N–H and O–H groups in total. The first kappa shape index (κ1) is 6.92. The van der Waals surface area contributed by atoms with Gasteiger partial charge in [0.25, 0.3) is 0 Å². The van der Waals surface area contributed by atoms with E-state index in [0.29, 0.717) is 0 Å². The fraction of sp³-hybridized carbons (Fsp3) is 0.556. The van der Waals surface area contributed by atoms with E-state index in [9.17, 15) is 0 Å². The number of rotatable bonds is 0. The first-order valence-electron chi connectivity index (χ1n) is 3.93. The van der Waals surface area contributed by atoms with Crippen molar-refractivity contribution in [2.45, 2.75) is 26.3 Å². The van der Waals surface area contributed by atoms with Crippen molar-refractivity contribution in [3.8, 4) is 0 Å². The van der Waals surface area contributed by atoms with Gasteiger partial charge < -0.3 is 10.2 Å². The molecule has 0 amide bonds. The van der Waals surface area contributed by atoms with Gasteiger partial charge in [-0.25, -0.2) is 0 Å². The molecule has 1 aromatic heterocycles. The fourth-order valence-corrected chi connectivity index (χ4v) is 1.72. The summed E-state index contributed by atoms with van der Waals surface area (Å²) in [7, 11) is 0. The van der Waals surface area contributed by atoms with Crippen molar-refractivity contribution in [2.75, 3.05) is 0 Å². The highest BCUT2D eigenvalue weighted by Crippen LogP contribution is 2.43. The lowest BCUT2D eigenvalue weighted by Gasteiger charge is -2.22. The molecule has 11 heavy (non-hydrogen) atoms. The summed E-state index contributed by atoms with van der Waals surface area (Å²) in [5.41, 5.74) is 7.43. The van der Waals surface area contributed by atoms with E-state index < -0.39 is 0 Å². The Balaban J connectivity index is 2.45. The average Bonchev–Trinajstić information content (AvgIpc) is 2.39. The quantitative estimate of drug-likeness (QED) is 0.614. The Morgan fingerprint density at radius 3 is 3.00 bits per heavy atom. The smallest absolute Gasteiger partial charge is 0.124 e. The number of fused-ring (bicyclic) bond motifs is 1. The van der Waals surface area contributed by atoms with Gasteiger partial charge >= 0.3 is 0 Å². The van der Waals surface area contributed by atoms with E-state index in [2.05, 4.69) is 13.8 Å². The van der Waals surface area contributed by atoms with Gasteiger partial charge in [0.2, 0.25) is 0 Å². The van der Waals surface area contributed by atoms with E-state index in [1.54, 1.807) is 6.26 Å². The average molecular weight is 151 g/mol. The molecule has 0 bridgehead atoms. The van der Waals surface area contributed by atoms with Gasteiger partial charge in [-0.2, -0.15) is 0 Å². The Bertz CT molecular complexity index is 275. The molecule has 1 heterocycles. The minimum absolute atomic E-state index is 0.0764. The zero-order valence-corrected chi connectivity index (χ0v) is 6.92. The maximum absolute atomic E-state index is 5.97. The van der Waals surface area contributed by atoms with Gasteiger partial charge in [0, 0.05) is 0 Å². The van der Waals surface area contributed by atoms with E-state index in [0.717, 1.165) is 12.2 Å². The van der Waals surface area contributed by atoms with Crippen LogP contribution in [-0.4, -0.2) is 0 Å². The zero-order valence-electron chi connectivity index (χ0n) is 6.92.